The second-order valence-electron chi connectivity index (χ2n) is 6.13. The zero-order valence-electron chi connectivity index (χ0n) is 14.9. The van der Waals surface area contributed by atoms with E-state index in [9.17, 15) is 4.39 Å². The standard InChI is InChI=1S/C21H16BrFN4/c1-4-20-13(2)21(15-5-8-18(23)9-6-15)14(3)27(20)12-16-11-17(22)7-10-19(16)25-26-24/h1,5-11H,12H2,2-3H3. The molecule has 0 spiro atoms. The van der Waals surface area contributed by atoms with Crippen LogP contribution in [-0.2, 0) is 6.54 Å². The highest BCUT2D eigenvalue weighted by Crippen LogP contribution is 2.34. The number of nitrogens with zero attached hydrogens (tertiary/aromatic N) is 4. The van der Waals surface area contributed by atoms with Gasteiger partial charge in [0.25, 0.3) is 0 Å². The van der Waals surface area contributed by atoms with Crippen molar-refractivity contribution in [2.45, 2.75) is 20.4 Å². The first-order valence-electron chi connectivity index (χ1n) is 8.22. The zero-order chi connectivity index (χ0) is 19.6. The average Bonchev–Trinajstić information content (AvgIpc) is 2.88. The van der Waals surface area contributed by atoms with Crippen molar-refractivity contribution >= 4 is 21.6 Å². The van der Waals surface area contributed by atoms with E-state index in [1.165, 1.54) is 12.1 Å². The molecular weight excluding hydrogens is 407 g/mol. The van der Waals surface area contributed by atoms with E-state index in [-0.39, 0.29) is 5.82 Å². The van der Waals surface area contributed by atoms with Crippen molar-refractivity contribution in [3.8, 4) is 23.5 Å². The van der Waals surface area contributed by atoms with Gasteiger partial charge in [0, 0.05) is 32.9 Å². The minimum Gasteiger partial charge on any atom is -0.333 e. The topological polar surface area (TPSA) is 53.7 Å². The Bertz CT molecular complexity index is 1100. The summed E-state index contributed by atoms with van der Waals surface area (Å²) in [7, 11) is 0. The summed E-state index contributed by atoms with van der Waals surface area (Å²) in [4.78, 5) is 2.91. The van der Waals surface area contributed by atoms with E-state index < -0.39 is 0 Å². The van der Waals surface area contributed by atoms with E-state index in [4.69, 9.17) is 12.0 Å². The average molecular weight is 423 g/mol. The minimum absolute atomic E-state index is 0.279. The van der Waals surface area contributed by atoms with E-state index in [1.54, 1.807) is 18.2 Å². The van der Waals surface area contributed by atoms with Crippen LogP contribution in [0.3, 0.4) is 0 Å². The number of benzene rings is 2. The molecule has 0 atom stereocenters. The monoisotopic (exact) mass is 422 g/mol. The predicted molar refractivity (Wildman–Crippen MR) is 109 cm³/mol. The van der Waals surface area contributed by atoms with Crippen LogP contribution >= 0.6 is 15.9 Å². The highest BCUT2D eigenvalue weighted by Gasteiger charge is 2.18. The fourth-order valence-corrected chi connectivity index (χ4v) is 3.73. The van der Waals surface area contributed by atoms with Gasteiger partial charge in [-0.05, 0) is 60.3 Å². The van der Waals surface area contributed by atoms with Gasteiger partial charge in [-0.3, -0.25) is 0 Å². The van der Waals surface area contributed by atoms with Gasteiger partial charge in [0.1, 0.15) is 5.82 Å². The molecule has 0 saturated carbocycles. The van der Waals surface area contributed by atoms with Crippen molar-refractivity contribution in [3.05, 3.63) is 85.7 Å². The Hall–Kier alpha value is -3.00. The first-order chi connectivity index (χ1) is 13.0. The van der Waals surface area contributed by atoms with Crippen molar-refractivity contribution < 1.29 is 4.39 Å². The number of aromatic nitrogens is 1. The molecule has 0 amide bonds. The molecular formula is C21H16BrFN4. The van der Waals surface area contributed by atoms with Crippen molar-refractivity contribution in [2.24, 2.45) is 5.11 Å². The molecule has 0 N–H and O–H groups in total. The molecule has 134 valence electrons. The Labute approximate surface area is 165 Å². The molecule has 0 saturated heterocycles. The van der Waals surface area contributed by atoms with Gasteiger partial charge in [0.05, 0.1) is 5.69 Å². The summed E-state index contributed by atoms with van der Waals surface area (Å²) in [6.45, 7) is 4.41. The number of rotatable bonds is 4. The van der Waals surface area contributed by atoms with Crippen LogP contribution in [0.5, 0.6) is 0 Å². The second kappa shape index (κ2) is 7.71. The highest BCUT2D eigenvalue weighted by atomic mass is 79.9. The first kappa shape index (κ1) is 18.8. The molecule has 27 heavy (non-hydrogen) atoms. The van der Waals surface area contributed by atoms with Crippen LogP contribution in [0.15, 0.2) is 52.1 Å². The van der Waals surface area contributed by atoms with Crippen LogP contribution in [0.2, 0.25) is 0 Å². The Morgan fingerprint density at radius 1 is 1.22 bits per heavy atom. The molecule has 1 aromatic heterocycles. The summed E-state index contributed by atoms with van der Waals surface area (Å²) in [6.07, 6.45) is 5.79. The lowest BCUT2D eigenvalue weighted by atomic mass is 10.0. The van der Waals surface area contributed by atoms with E-state index in [2.05, 4.69) is 31.9 Å². The summed E-state index contributed by atoms with van der Waals surface area (Å²) >= 11 is 3.46. The van der Waals surface area contributed by atoms with Crippen LogP contribution in [0.4, 0.5) is 10.1 Å². The highest BCUT2D eigenvalue weighted by molar-refractivity contribution is 9.10. The van der Waals surface area contributed by atoms with Crippen molar-refractivity contribution in [1.82, 2.24) is 4.57 Å². The molecule has 0 bridgehead atoms. The zero-order valence-corrected chi connectivity index (χ0v) is 16.5. The Morgan fingerprint density at radius 3 is 2.56 bits per heavy atom. The van der Waals surface area contributed by atoms with Gasteiger partial charge in [-0.2, -0.15) is 0 Å². The van der Waals surface area contributed by atoms with Gasteiger partial charge in [-0.1, -0.05) is 45.2 Å². The summed E-state index contributed by atoms with van der Waals surface area (Å²) in [5.41, 5.74) is 14.8. The van der Waals surface area contributed by atoms with Crippen LogP contribution in [0, 0.1) is 32.0 Å². The Morgan fingerprint density at radius 2 is 1.93 bits per heavy atom. The van der Waals surface area contributed by atoms with Crippen molar-refractivity contribution in [1.29, 1.82) is 0 Å². The van der Waals surface area contributed by atoms with E-state index in [0.717, 1.165) is 38.1 Å². The summed E-state index contributed by atoms with van der Waals surface area (Å²) in [5.74, 6) is 2.49. The fraction of sp³-hybridized carbons (Fsp3) is 0.143. The summed E-state index contributed by atoms with van der Waals surface area (Å²) in [5, 5.41) is 3.78. The van der Waals surface area contributed by atoms with Crippen LogP contribution in [-0.4, -0.2) is 4.57 Å². The molecule has 0 fully saturated rings. The van der Waals surface area contributed by atoms with Gasteiger partial charge in [0.2, 0.25) is 0 Å². The quantitative estimate of drug-likeness (QED) is 0.195. The maximum Gasteiger partial charge on any atom is 0.123 e. The number of azide groups is 1. The fourth-order valence-electron chi connectivity index (χ4n) is 3.32. The Kier molecular flexibility index (Phi) is 5.36. The Balaban J connectivity index is 2.17. The largest absolute Gasteiger partial charge is 0.333 e. The molecule has 1 heterocycles. The molecule has 0 aliphatic heterocycles. The lowest BCUT2D eigenvalue weighted by Crippen LogP contribution is -2.05. The van der Waals surface area contributed by atoms with Gasteiger partial charge in [0.15, 0.2) is 0 Å². The minimum atomic E-state index is -0.279. The third-order valence-corrected chi connectivity index (χ3v) is 5.05. The first-order valence-corrected chi connectivity index (χ1v) is 9.01. The van der Waals surface area contributed by atoms with Gasteiger partial charge in [-0.25, -0.2) is 4.39 Å². The SMILES string of the molecule is C#Cc1c(C)c(-c2ccc(F)cc2)c(C)n1Cc1cc(Br)ccc1N=[N+]=[N-]. The van der Waals surface area contributed by atoms with Crippen LogP contribution in [0.25, 0.3) is 21.6 Å². The molecule has 3 aromatic rings. The van der Waals surface area contributed by atoms with Crippen molar-refractivity contribution in [2.75, 3.05) is 0 Å². The summed E-state index contributed by atoms with van der Waals surface area (Å²) in [6, 6.07) is 11.9. The second-order valence-corrected chi connectivity index (χ2v) is 7.05. The van der Waals surface area contributed by atoms with Crippen LogP contribution in [0.1, 0.15) is 22.5 Å². The van der Waals surface area contributed by atoms with E-state index in [0.29, 0.717) is 12.2 Å². The van der Waals surface area contributed by atoms with Crippen LogP contribution < -0.4 is 0 Å². The molecule has 0 unspecified atom stereocenters. The molecule has 0 aliphatic rings. The lowest BCUT2D eigenvalue weighted by molar-refractivity contribution is 0.628. The number of hydrogen-bond donors (Lipinski definition) is 0. The maximum absolute atomic E-state index is 13.3. The third-order valence-electron chi connectivity index (χ3n) is 4.56. The lowest BCUT2D eigenvalue weighted by Gasteiger charge is -2.12. The van der Waals surface area contributed by atoms with Crippen molar-refractivity contribution in [3.63, 3.8) is 0 Å². The molecule has 6 heteroatoms. The molecule has 0 radical (unpaired) electrons. The smallest absolute Gasteiger partial charge is 0.123 e. The predicted octanol–water partition coefficient (Wildman–Crippen LogP) is 6.64. The molecule has 2 aromatic carbocycles. The molecule has 0 aliphatic carbocycles. The molecule has 4 nitrogen and oxygen atoms in total. The third kappa shape index (κ3) is 3.61. The van der Waals surface area contributed by atoms with Gasteiger partial charge < -0.3 is 4.57 Å². The van der Waals surface area contributed by atoms with E-state index >= 15 is 0 Å². The number of hydrogen-bond acceptors (Lipinski definition) is 1. The normalized spacial score (nSPS) is 10.3. The number of halogens is 2. The van der Waals surface area contributed by atoms with Gasteiger partial charge in [-0.15, -0.1) is 6.42 Å². The maximum atomic E-state index is 13.3. The van der Waals surface area contributed by atoms with Gasteiger partial charge >= 0.3 is 0 Å². The molecule has 3 rings (SSSR count). The summed E-state index contributed by atoms with van der Waals surface area (Å²) < 4.78 is 16.2. The number of terminal acetylenes is 1. The van der Waals surface area contributed by atoms with E-state index in [1.807, 2.05) is 30.5 Å².